The number of carbonyl (C=O) groups excluding carboxylic acids is 1. The number of hydrogen-bond donors (Lipinski definition) is 2. The van der Waals surface area contributed by atoms with Crippen LogP contribution in [0, 0.1) is 5.92 Å². The summed E-state index contributed by atoms with van der Waals surface area (Å²) in [6, 6.07) is 2.48. The zero-order valence-electron chi connectivity index (χ0n) is 17.2. The number of halogens is 1. The maximum Gasteiger partial charge on any atom is 0.242 e. The fourth-order valence-electron chi connectivity index (χ4n) is 4.77. The Balaban J connectivity index is 1.45. The summed E-state index contributed by atoms with van der Waals surface area (Å²) in [5, 5.41) is 0. The molecule has 0 bridgehead atoms. The number of nitrogens with zero attached hydrogens (tertiary/aromatic N) is 4. The van der Waals surface area contributed by atoms with Crippen molar-refractivity contribution in [2.75, 3.05) is 37.8 Å². The van der Waals surface area contributed by atoms with Crippen molar-refractivity contribution in [1.29, 1.82) is 0 Å². The lowest BCUT2D eigenvalue weighted by Gasteiger charge is -2.35. The molecule has 1 aromatic rings. The third-order valence-electron chi connectivity index (χ3n) is 6.16. The van der Waals surface area contributed by atoms with Gasteiger partial charge < -0.3 is 14.5 Å². The summed E-state index contributed by atoms with van der Waals surface area (Å²) in [5.74, 6) is 1.09. The predicted octanol–water partition coefficient (Wildman–Crippen LogP) is 1.21. The number of ether oxygens (including phenoxy) is 1. The molecule has 4 unspecified atom stereocenters. The van der Waals surface area contributed by atoms with Crippen molar-refractivity contribution in [1.82, 2.24) is 25.7 Å². The van der Waals surface area contributed by atoms with E-state index in [1.54, 1.807) is 11.2 Å². The molecule has 4 atom stereocenters. The molecule has 3 heterocycles. The van der Waals surface area contributed by atoms with Gasteiger partial charge in [-0.25, -0.2) is 19.8 Å². The highest BCUT2D eigenvalue weighted by Crippen LogP contribution is 2.39. The van der Waals surface area contributed by atoms with Crippen LogP contribution in [0.1, 0.15) is 44.8 Å². The van der Waals surface area contributed by atoms with Crippen LogP contribution < -0.4 is 15.8 Å². The molecular weight excluding hydrogens is 375 g/mol. The molecule has 0 spiro atoms. The molecule has 1 amide bonds. The number of carbonyl (C=O) groups is 1. The van der Waals surface area contributed by atoms with Gasteiger partial charge in [0.25, 0.3) is 0 Å². The van der Waals surface area contributed by atoms with E-state index in [-0.39, 0.29) is 37.2 Å². The Kier molecular flexibility index (Phi) is 6.26. The summed E-state index contributed by atoms with van der Waals surface area (Å²) in [4.78, 5) is 24.7. The molecule has 9 heteroatoms. The first-order chi connectivity index (χ1) is 14.0. The molecular formula is C20H31FN6O2. The van der Waals surface area contributed by atoms with Crippen LogP contribution in [0.5, 0.6) is 0 Å². The molecule has 2 aliphatic heterocycles. The first-order valence-electron chi connectivity index (χ1n) is 10.6. The van der Waals surface area contributed by atoms with Crippen molar-refractivity contribution >= 4 is 11.7 Å². The molecule has 0 radical (unpaired) electrons. The smallest absolute Gasteiger partial charge is 0.242 e. The second-order valence-corrected chi connectivity index (χ2v) is 8.45. The Labute approximate surface area is 171 Å². The van der Waals surface area contributed by atoms with Gasteiger partial charge in [-0.3, -0.25) is 10.2 Å². The SMILES string of the molecule is CC(C)OC1CCC2NNC(c3cc(N4CCN(CCF)C(=O)C4)ncn3)C2C1. The average Bonchev–Trinajstić information content (AvgIpc) is 3.12. The lowest BCUT2D eigenvalue weighted by atomic mass is 9.79. The highest BCUT2D eigenvalue weighted by Gasteiger charge is 2.42. The molecule has 1 aliphatic carbocycles. The molecule has 1 saturated carbocycles. The van der Waals surface area contributed by atoms with Crippen molar-refractivity contribution in [3.8, 4) is 0 Å². The van der Waals surface area contributed by atoms with Crippen molar-refractivity contribution in [3.63, 3.8) is 0 Å². The summed E-state index contributed by atoms with van der Waals surface area (Å²) in [6.07, 6.45) is 5.23. The highest BCUT2D eigenvalue weighted by atomic mass is 19.1. The first kappa shape index (κ1) is 20.4. The van der Waals surface area contributed by atoms with Gasteiger partial charge >= 0.3 is 0 Å². The average molecular weight is 407 g/mol. The van der Waals surface area contributed by atoms with E-state index in [1.165, 1.54) is 0 Å². The van der Waals surface area contributed by atoms with E-state index in [1.807, 2.05) is 11.0 Å². The van der Waals surface area contributed by atoms with E-state index in [0.717, 1.165) is 30.8 Å². The first-order valence-corrected chi connectivity index (χ1v) is 10.6. The van der Waals surface area contributed by atoms with Gasteiger partial charge in [-0.2, -0.15) is 0 Å². The van der Waals surface area contributed by atoms with E-state index in [9.17, 15) is 9.18 Å². The zero-order chi connectivity index (χ0) is 20.4. The number of anilines is 1. The van der Waals surface area contributed by atoms with Crippen LogP contribution in [0.2, 0.25) is 0 Å². The summed E-state index contributed by atoms with van der Waals surface area (Å²) in [6.45, 7) is 5.22. The Morgan fingerprint density at radius 3 is 2.90 bits per heavy atom. The molecule has 3 fully saturated rings. The Hall–Kier alpha value is -1.84. The number of nitrogens with one attached hydrogen (secondary N) is 2. The maximum atomic E-state index is 12.6. The van der Waals surface area contributed by atoms with Crippen LogP contribution in [0.25, 0.3) is 0 Å². The van der Waals surface area contributed by atoms with Gasteiger partial charge in [0.2, 0.25) is 5.91 Å². The number of rotatable bonds is 6. The summed E-state index contributed by atoms with van der Waals surface area (Å²) < 4.78 is 18.7. The summed E-state index contributed by atoms with van der Waals surface area (Å²) in [7, 11) is 0. The zero-order valence-corrected chi connectivity index (χ0v) is 17.2. The Morgan fingerprint density at radius 1 is 1.28 bits per heavy atom. The van der Waals surface area contributed by atoms with Crippen molar-refractivity contribution in [2.24, 2.45) is 5.92 Å². The number of piperazine rings is 1. The van der Waals surface area contributed by atoms with E-state index in [2.05, 4.69) is 34.7 Å². The van der Waals surface area contributed by atoms with Gasteiger partial charge in [-0.05, 0) is 33.1 Å². The van der Waals surface area contributed by atoms with Crippen molar-refractivity contribution in [3.05, 3.63) is 18.1 Å². The number of aromatic nitrogens is 2. The maximum absolute atomic E-state index is 12.6. The number of hydrazine groups is 1. The minimum absolute atomic E-state index is 0.0595. The topological polar surface area (TPSA) is 82.6 Å². The molecule has 2 saturated heterocycles. The quantitative estimate of drug-likeness (QED) is 0.735. The Morgan fingerprint density at radius 2 is 2.14 bits per heavy atom. The summed E-state index contributed by atoms with van der Waals surface area (Å²) in [5.41, 5.74) is 7.78. The second-order valence-electron chi connectivity index (χ2n) is 8.45. The second kappa shape index (κ2) is 8.89. The van der Waals surface area contributed by atoms with Gasteiger partial charge in [0.05, 0.1) is 30.5 Å². The van der Waals surface area contributed by atoms with Gasteiger partial charge in [-0.15, -0.1) is 0 Å². The molecule has 2 N–H and O–H groups in total. The highest BCUT2D eigenvalue weighted by molar-refractivity contribution is 5.82. The number of amides is 1. The molecule has 29 heavy (non-hydrogen) atoms. The fourth-order valence-corrected chi connectivity index (χ4v) is 4.77. The molecule has 4 rings (SSSR count). The van der Waals surface area contributed by atoms with Crippen LogP contribution in [-0.4, -0.2) is 71.9 Å². The van der Waals surface area contributed by atoms with Gasteiger partial charge in [0, 0.05) is 37.7 Å². The third kappa shape index (κ3) is 4.51. The lowest BCUT2D eigenvalue weighted by molar-refractivity contribution is -0.131. The van der Waals surface area contributed by atoms with Gasteiger partial charge in [0.1, 0.15) is 18.8 Å². The van der Waals surface area contributed by atoms with E-state index >= 15 is 0 Å². The fraction of sp³-hybridized carbons (Fsp3) is 0.750. The predicted molar refractivity (Wildman–Crippen MR) is 107 cm³/mol. The van der Waals surface area contributed by atoms with Crippen molar-refractivity contribution in [2.45, 2.75) is 57.4 Å². The van der Waals surface area contributed by atoms with Gasteiger partial charge in [-0.1, -0.05) is 0 Å². The largest absolute Gasteiger partial charge is 0.376 e. The number of fused-ring (bicyclic) bond motifs is 1. The molecule has 0 aromatic carbocycles. The van der Waals surface area contributed by atoms with Crippen LogP contribution >= 0.6 is 0 Å². The van der Waals surface area contributed by atoms with E-state index in [0.29, 0.717) is 25.0 Å². The minimum Gasteiger partial charge on any atom is -0.376 e. The van der Waals surface area contributed by atoms with Crippen molar-refractivity contribution < 1.29 is 13.9 Å². The standard InChI is InChI=1S/C20H31FN6O2/c1-13(2)29-14-3-4-16-15(9-14)20(25-24-16)17-10-18(23-12-22-17)27-8-7-26(6-5-21)19(28)11-27/h10,12-16,20,24-25H,3-9,11H2,1-2H3. The minimum atomic E-state index is -0.506. The Bertz CT molecular complexity index is 720. The summed E-state index contributed by atoms with van der Waals surface area (Å²) >= 11 is 0. The van der Waals surface area contributed by atoms with E-state index in [4.69, 9.17) is 4.74 Å². The normalized spacial score (nSPS) is 30.1. The van der Waals surface area contributed by atoms with E-state index < -0.39 is 6.67 Å². The lowest BCUT2D eigenvalue weighted by Crippen LogP contribution is -2.51. The molecule has 160 valence electrons. The van der Waals surface area contributed by atoms with Crippen LogP contribution in [0.3, 0.4) is 0 Å². The number of hydrogen-bond acceptors (Lipinski definition) is 7. The van der Waals surface area contributed by atoms with Crippen LogP contribution in [0.4, 0.5) is 10.2 Å². The molecule has 3 aliphatic rings. The molecule has 1 aromatic heterocycles. The molecule has 8 nitrogen and oxygen atoms in total. The third-order valence-corrected chi connectivity index (χ3v) is 6.16. The number of alkyl halides is 1. The van der Waals surface area contributed by atoms with Gasteiger partial charge in [0.15, 0.2) is 0 Å². The monoisotopic (exact) mass is 406 g/mol. The van der Waals surface area contributed by atoms with Crippen LogP contribution in [0.15, 0.2) is 12.4 Å². The van der Waals surface area contributed by atoms with Crippen LogP contribution in [-0.2, 0) is 9.53 Å².